The highest BCUT2D eigenvalue weighted by Gasteiger charge is 2.37. The van der Waals surface area contributed by atoms with Gasteiger partial charge < -0.3 is 9.32 Å². The number of nitrogens with zero attached hydrogens (tertiary/aromatic N) is 1. The van der Waals surface area contributed by atoms with Crippen molar-refractivity contribution in [1.82, 2.24) is 0 Å². The first-order valence-corrected chi connectivity index (χ1v) is 15.6. The van der Waals surface area contributed by atoms with Crippen LogP contribution >= 0.6 is 0 Å². The maximum Gasteiger partial charge on any atom is 0.136 e. The van der Waals surface area contributed by atoms with Crippen molar-refractivity contribution in [2.24, 2.45) is 0 Å². The molecular formula is C43H31NO. The van der Waals surface area contributed by atoms with Gasteiger partial charge in [0.05, 0.1) is 5.69 Å². The Hall–Kier alpha value is -5.60. The first-order chi connectivity index (χ1) is 22.1. The van der Waals surface area contributed by atoms with Crippen molar-refractivity contribution in [3.63, 3.8) is 0 Å². The molecule has 0 fully saturated rings. The second kappa shape index (κ2) is 9.70. The fourth-order valence-electron chi connectivity index (χ4n) is 7.38. The van der Waals surface area contributed by atoms with Crippen LogP contribution in [0.3, 0.4) is 0 Å². The number of anilines is 3. The molecule has 0 saturated heterocycles. The molecule has 2 heteroatoms. The van der Waals surface area contributed by atoms with Crippen molar-refractivity contribution < 1.29 is 4.42 Å². The van der Waals surface area contributed by atoms with Gasteiger partial charge in [-0.1, -0.05) is 111 Å². The van der Waals surface area contributed by atoms with Crippen LogP contribution in [0.25, 0.3) is 55.0 Å². The summed E-state index contributed by atoms with van der Waals surface area (Å²) in [6.07, 6.45) is 0. The van der Waals surface area contributed by atoms with Gasteiger partial charge in [-0.25, -0.2) is 0 Å². The van der Waals surface area contributed by atoms with E-state index in [-0.39, 0.29) is 5.41 Å². The Morgan fingerprint density at radius 2 is 1.20 bits per heavy atom. The molecule has 0 spiro atoms. The maximum absolute atomic E-state index is 6.19. The Kier molecular flexibility index (Phi) is 5.58. The monoisotopic (exact) mass is 577 g/mol. The van der Waals surface area contributed by atoms with Crippen LogP contribution in [0.1, 0.15) is 25.0 Å². The van der Waals surface area contributed by atoms with Gasteiger partial charge in [0.15, 0.2) is 0 Å². The zero-order valence-corrected chi connectivity index (χ0v) is 25.3. The maximum atomic E-state index is 6.19. The minimum Gasteiger partial charge on any atom is -0.456 e. The van der Waals surface area contributed by atoms with Crippen molar-refractivity contribution >= 4 is 49.8 Å². The van der Waals surface area contributed by atoms with Gasteiger partial charge in [0.1, 0.15) is 11.2 Å². The summed E-state index contributed by atoms with van der Waals surface area (Å²) in [5.74, 6) is 0. The number of hydrogen-bond donors (Lipinski definition) is 0. The molecule has 1 aromatic heterocycles. The SMILES string of the molecule is CC1(C)c2ccccc2-c2c(N(c3ccccc3)c3ccc(-c4ccc5cc6c(cc5c4)oc4ccccc46)cc3)cccc21. The van der Waals surface area contributed by atoms with Gasteiger partial charge in [-0.05, 0) is 93.2 Å². The Morgan fingerprint density at radius 3 is 2.07 bits per heavy atom. The van der Waals surface area contributed by atoms with Gasteiger partial charge in [0.25, 0.3) is 0 Å². The number of hydrogen-bond acceptors (Lipinski definition) is 2. The first kappa shape index (κ1) is 25.9. The van der Waals surface area contributed by atoms with E-state index in [0.717, 1.165) is 33.3 Å². The van der Waals surface area contributed by atoms with E-state index >= 15 is 0 Å². The summed E-state index contributed by atoms with van der Waals surface area (Å²) in [7, 11) is 0. The molecule has 0 atom stereocenters. The number of fused-ring (bicyclic) bond motifs is 7. The normalized spacial score (nSPS) is 13.3. The largest absolute Gasteiger partial charge is 0.456 e. The molecule has 0 saturated carbocycles. The van der Waals surface area contributed by atoms with E-state index in [1.807, 2.05) is 12.1 Å². The summed E-state index contributed by atoms with van der Waals surface area (Å²) in [5.41, 5.74) is 13.0. The zero-order valence-electron chi connectivity index (χ0n) is 25.3. The lowest BCUT2D eigenvalue weighted by molar-refractivity contribution is 0.660. The molecular weight excluding hydrogens is 546 g/mol. The van der Waals surface area contributed by atoms with Crippen molar-refractivity contribution in [1.29, 1.82) is 0 Å². The van der Waals surface area contributed by atoms with Gasteiger partial charge in [0.2, 0.25) is 0 Å². The fraction of sp³-hybridized carbons (Fsp3) is 0.0698. The van der Waals surface area contributed by atoms with Gasteiger partial charge in [-0.15, -0.1) is 0 Å². The molecule has 0 radical (unpaired) electrons. The van der Waals surface area contributed by atoms with E-state index in [0.29, 0.717) is 0 Å². The molecule has 0 bridgehead atoms. The van der Waals surface area contributed by atoms with Crippen LogP contribution in [0.5, 0.6) is 0 Å². The van der Waals surface area contributed by atoms with E-state index < -0.39 is 0 Å². The van der Waals surface area contributed by atoms with E-state index in [4.69, 9.17) is 4.42 Å². The predicted octanol–water partition coefficient (Wildman–Crippen LogP) is 12.2. The van der Waals surface area contributed by atoms with Crippen LogP contribution in [-0.2, 0) is 5.41 Å². The first-order valence-electron chi connectivity index (χ1n) is 15.6. The summed E-state index contributed by atoms with van der Waals surface area (Å²) in [6.45, 7) is 4.68. The van der Waals surface area contributed by atoms with Gasteiger partial charge in [0, 0.05) is 33.1 Å². The summed E-state index contributed by atoms with van der Waals surface area (Å²) in [4.78, 5) is 2.40. The summed E-state index contributed by atoms with van der Waals surface area (Å²) < 4.78 is 6.19. The van der Waals surface area contributed by atoms with E-state index in [1.165, 1.54) is 49.8 Å². The minimum atomic E-state index is -0.0574. The lowest BCUT2D eigenvalue weighted by Crippen LogP contribution is -2.16. The van der Waals surface area contributed by atoms with Crippen LogP contribution in [0.2, 0.25) is 0 Å². The lowest BCUT2D eigenvalue weighted by atomic mass is 9.82. The second-order valence-electron chi connectivity index (χ2n) is 12.6. The van der Waals surface area contributed by atoms with E-state index in [9.17, 15) is 0 Å². The summed E-state index contributed by atoms with van der Waals surface area (Å²) in [5, 5.41) is 4.71. The quantitative estimate of drug-likeness (QED) is 0.207. The van der Waals surface area contributed by atoms with Crippen molar-refractivity contribution in [3.8, 4) is 22.3 Å². The Balaban J connectivity index is 1.15. The highest BCUT2D eigenvalue weighted by molar-refractivity contribution is 6.10. The molecule has 214 valence electrons. The predicted molar refractivity (Wildman–Crippen MR) is 189 cm³/mol. The second-order valence-corrected chi connectivity index (χ2v) is 12.6. The number of benzene rings is 7. The third-order valence-corrected chi connectivity index (χ3v) is 9.64. The standard InChI is InChI=1S/C43H31NO/c1-43(2)37-15-8-6-14-35(37)42-38(43)16-10-17-39(42)44(32-11-4-3-5-12-32)33-23-21-28(22-24-33)29-19-20-30-26-36-34-13-7-9-18-40(34)45-41(36)27-31(30)25-29/h3-27H,1-2H3. The van der Waals surface area contributed by atoms with Crippen LogP contribution in [0, 0.1) is 0 Å². The van der Waals surface area contributed by atoms with Gasteiger partial charge >= 0.3 is 0 Å². The van der Waals surface area contributed by atoms with Gasteiger partial charge in [-0.3, -0.25) is 0 Å². The molecule has 1 heterocycles. The van der Waals surface area contributed by atoms with Crippen LogP contribution < -0.4 is 4.90 Å². The average molecular weight is 578 g/mol. The van der Waals surface area contributed by atoms with Gasteiger partial charge in [-0.2, -0.15) is 0 Å². The summed E-state index contributed by atoms with van der Waals surface area (Å²) >= 11 is 0. The smallest absolute Gasteiger partial charge is 0.136 e. The molecule has 1 aliphatic rings. The number of para-hydroxylation sites is 2. The molecule has 7 aromatic carbocycles. The highest BCUT2D eigenvalue weighted by atomic mass is 16.3. The third kappa shape index (κ3) is 3.96. The van der Waals surface area contributed by atoms with E-state index in [2.05, 4.69) is 158 Å². The van der Waals surface area contributed by atoms with E-state index in [1.54, 1.807) is 0 Å². The number of furan rings is 1. The van der Waals surface area contributed by atoms with Crippen LogP contribution in [-0.4, -0.2) is 0 Å². The summed E-state index contributed by atoms with van der Waals surface area (Å²) in [6, 6.07) is 54.7. The average Bonchev–Trinajstić information content (AvgIpc) is 3.56. The third-order valence-electron chi connectivity index (χ3n) is 9.64. The Morgan fingerprint density at radius 1 is 0.489 bits per heavy atom. The fourth-order valence-corrected chi connectivity index (χ4v) is 7.38. The molecule has 0 amide bonds. The zero-order chi connectivity index (χ0) is 30.1. The highest BCUT2D eigenvalue weighted by Crippen LogP contribution is 2.54. The van der Waals surface area contributed by atoms with Crippen molar-refractivity contribution in [2.45, 2.75) is 19.3 Å². The Bertz CT molecular complexity index is 2400. The van der Waals surface area contributed by atoms with Crippen molar-refractivity contribution in [3.05, 3.63) is 163 Å². The van der Waals surface area contributed by atoms with Crippen LogP contribution in [0.15, 0.2) is 156 Å². The molecule has 2 nitrogen and oxygen atoms in total. The Labute approximate surface area is 262 Å². The molecule has 1 aliphatic carbocycles. The molecule has 0 unspecified atom stereocenters. The molecule has 45 heavy (non-hydrogen) atoms. The van der Waals surface area contributed by atoms with Crippen LogP contribution in [0.4, 0.5) is 17.1 Å². The number of rotatable bonds is 4. The molecule has 8 aromatic rings. The lowest BCUT2D eigenvalue weighted by Gasteiger charge is -2.29. The topological polar surface area (TPSA) is 16.4 Å². The van der Waals surface area contributed by atoms with Crippen molar-refractivity contribution in [2.75, 3.05) is 4.90 Å². The molecule has 0 N–H and O–H groups in total. The molecule has 0 aliphatic heterocycles. The minimum absolute atomic E-state index is 0.0574. The molecule has 9 rings (SSSR count).